The van der Waals surface area contributed by atoms with Gasteiger partial charge >= 0.3 is 0 Å². The van der Waals surface area contributed by atoms with Gasteiger partial charge in [0.1, 0.15) is 0 Å². The zero-order valence-corrected chi connectivity index (χ0v) is 16.6. The summed E-state index contributed by atoms with van der Waals surface area (Å²) in [4.78, 5) is 14.9. The van der Waals surface area contributed by atoms with Gasteiger partial charge in [0.05, 0.1) is 0 Å². The van der Waals surface area contributed by atoms with E-state index < -0.39 is 0 Å². The molecule has 4 nitrogen and oxygen atoms in total. The van der Waals surface area contributed by atoms with Crippen molar-refractivity contribution >= 4 is 58.0 Å². The van der Waals surface area contributed by atoms with Crippen LogP contribution in [0.15, 0.2) is 53.4 Å². The Morgan fingerprint density at radius 3 is 2.77 bits per heavy atom. The molecule has 26 heavy (non-hydrogen) atoms. The first kappa shape index (κ1) is 19.0. The first-order valence-corrected chi connectivity index (χ1v) is 10.2. The molecule has 2 aromatic carbocycles. The monoisotopic (exact) mass is 405 g/mol. The molecule has 1 saturated heterocycles. The number of carbonyl (C=O) groups excluding carboxylic acids is 1. The quantitative estimate of drug-likeness (QED) is 0.419. The van der Waals surface area contributed by atoms with E-state index in [2.05, 4.69) is 10.6 Å². The summed E-state index contributed by atoms with van der Waals surface area (Å²) in [6.07, 6.45) is 1.55. The fourth-order valence-electron chi connectivity index (χ4n) is 2.71. The maximum absolute atomic E-state index is 11.9. The second-order valence-corrected chi connectivity index (χ2v) is 7.90. The number of carbonyl (C=O) groups is 1. The van der Waals surface area contributed by atoms with E-state index in [4.69, 9.17) is 23.8 Å². The lowest BCUT2D eigenvalue weighted by Crippen LogP contribution is -2.30. The highest BCUT2D eigenvalue weighted by molar-refractivity contribution is 7.99. The minimum Gasteiger partial charge on any atom is -0.362 e. The van der Waals surface area contributed by atoms with Crippen molar-refractivity contribution in [1.82, 2.24) is 5.32 Å². The number of benzene rings is 2. The van der Waals surface area contributed by atoms with Gasteiger partial charge in [0, 0.05) is 46.6 Å². The van der Waals surface area contributed by atoms with Crippen LogP contribution in [0.5, 0.6) is 0 Å². The highest BCUT2D eigenvalue weighted by atomic mass is 35.5. The van der Waals surface area contributed by atoms with Gasteiger partial charge < -0.3 is 15.5 Å². The van der Waals surface area contributed by atoms with Crippen LogP contribution in [-0.2, 0) is 4.79 Å². The van der Waals surface area contributed by atoms with Crippen LogP contribution in [0.2, 0.25) is 5.02 Å². The van der Waals surface area contributed by atoms with E-state index in [1.807, 2.05) is 53.4 Å². The minimum absolute atomic E-state index is 0.182. The summed E-state index contributed by atoms with van der Waals surface area (Å²) in [6, 6.07) is 15.6. The van der Waals surface area contributed by atoms with Crippen LogP contribution in [0, 0.1) is 0 Å². The SMILES string of the molecule is O=C1CCCN1c1cccc(NC(=S)NCCSc2ccc(Cl)cc2)c1. The lowest BCUT2D eigenvalue weighted by Gasteiger charge is -2.17. The first-order valence-electron chi connectivity index (χ1n) is 8.45. The molecule has 0 aromatic heterocycles. The number of hydrogen-bond donors (Lipinski definition) is 2. The Balaban J connectivity index is 1.44. The van der Waals surface area contributed by atoms with Gasteiger partial charge in [-0.1, -0.05) is 17.7 Å². The Labute approximate surface area is 168 Å². The molecule has 0 radical (unpaired) electrons. The third-order valence-electron chi connectivity index (χ3n) is 3.96. The first-order chi connectivity index (χ1) is 12.6. The van der Waals surface area contributed by atoms with Crippen LogP contribution < -0.4 is 15.5 Å². The maximum atomic E-state index is 11.9. The molecule has 0 aliphatic carbocycles. The van der Waals surface area contributed by atoms with Crippen LogP contribution in [-0.4, -0.2) is 29.9 Å². The van der Waals surface area contributed by atoms with Crippen LogP contribution in [0.3, 0.4) is 0 Å². The van der Waals surface area contributed by atoms with Crippen molar-refractivity contribution in [3.05, 3.63) is 53.6 Å². The maximum Gasteiger partial charge on any atom is 0.227 e. The summed E-state index contributed by atoms with van der Waals surface area (Å²) in [5, 5.41) is 7.71. The van der Waals surface area contributed by atoms with Crippen molar-refractivity contribution < 1.29 is 4.79 Å². The summed E-state index contributed by atoms with van der Waals surface area (Å²) in [5.74, 6) is 1.08. The second kappa shape index (κ2) is 9.26. The molecule has 136 valence electrons. The van der Waals surface area contributed by atoms with Gasteiger partial charge in [0.25, 0.3) is 0 Å². The smallest absolute Gasteiger partial charge is 0.227 e. The number of amides is 1. The van der Waals surface area contributed by atoms with Crippen LogP contribution >= 0.6 is 35.6 Å². The van der Waals surface area contributed by atoms with Crippen molar-refractivity contribution in [2.45, 2.75) is 17.7 Å². The molecule has 1 aliphatic heterocycles. The van der Waals surface area contributed by atoms with E-state index in [0.29, 0.717) is 11.5 Å². The number of halogens is 1. The number of thioether (sulfide) groups is 1. The predicted octanol–water partition coefficient (Wildman–Crippen LogP) is 4.55. The molecule has 1 amide bonds. The number of nitrogens with one attached hydrogen (secondary N) is 2. The van der Waals surface area contributed by atoms with Gasteiger partial charge in [0.15, 0.2) is 5.11 Å². The number of thiocarbonyl (C=S) groups is 1. The van der Waals surface area contributed by atoms with E-state index in [9.17, 15) is 4.79 Å². The van der Waals surface area contributed by atoms with Crippen molar-refractivity contribution in [1.29, 1.82) is 0 Å². The summed E-state index contributed by atoms with van der Waals surface area (Å²) in [7, 11) is 0. The molecule has 0 atom stereocenters. The van der Waals surface area contributed by atoms with Gasteiger partial charge in [-0.15, -0.1) is 11.8 Å². The van der Waals surface area contributed by atoms with Crippen LogP contribution in [0.4, 0.5) is 11.4 Å². The molecule has 1 fully saturated rings. The third-order valence-corrected chi connectivity index (χ3v) is 5.47. The average Bonchev–Trinajstić information content (AvgIpc) is 3.06. The van der Waals surface area contributed by atoms with E-state index in [1.165, 1.54) is 4.90 Å². The molecule has 7 heteroatoms. The summed E-state index contributed by atoms with van der Waals surface area (Å²) >= 11 is 13.0. The van der Waals surface area contributed by atoms with E-state index in [-0.39, 0.29) is 5.91 Å². The van der Waals surface area contributed by atoms with Gasteiger partial charge in [-0.05, 0) is 61.1 Å². The molecule has 2 aromatic rings. The van der Waals surface area contributed by atoms with E-state index >= 15 is 0 Å². The predicted molar refractivity (Wildman–Crippen MR) is 114 cm³/mol. The number of hydrogen-bond acceptors (Lipinski definition) is 3. The Kier molecular flexibility index (Phi) is 6.77. The number of nitrogens with zero attached hydrogens (tertiary/aromatic N) is 1. The summed E-state index contributed by atoms with van der Waals surface area (Å²) < 4.78 is 0. The highest BCUT2D eigenvalue weighted by Gasteiger charge is 2.21. The molecular weight excluding hydrogens is 386 g/mol. The van der Waals surface area contributed by atoms with Crippen molar-refractivity contribution in [2.75, 3.05) is 29.1 Å². The zero-order chi connectivity index (χ0) is 18.4. The molecule has 0 saturated carbocycles. The normalized spacial score (nSPS) is 13.7. The van der Waals surface area contributed by atoms with E-state index in [0.717, 1.165) is 41.7 Å². The lowest BCUT2D eigenvalue weighted by atomic mass is 10.2. The Bertz CT molecular complexity index is 783. The molecule has 0 spiro atoms. The van der Waals surface area contributed by atoms with Crippen LogP contribution in [0.25, 0.3) is 0 Å². The largest absolute Gasteiger partial charge is 0.362 e. The van der Waals surface area contributed by atoms with Gasteiger partial charge in [0.2, 0.25) is 5.91 Å². The molecule has 0 bridgehead atoms. The summed E-state index contributed by atoms with van der Waals surface area (Å²) in [6.45, 7) is 1.54. The minimum atomic E-state index is 0.182. The fraction of sp³-hybridized carbons (Fsp3) is 0.263. The second-order valence-electron chi connectivity index (χ2n) is 5.88. The van der Waals surface area contributed by atoms with Crippen molar-refractivity contribution in [3.63, 3.8) is 0 Å². The third kappa shape index (κ3) is 5.37. The average molecular weight is 406 g/mol. The lowest BCUT2D eigenvalue weighted by molar-refractivity contribution is -0.117. The molecule has 3 rings (SSSR count). The topological polar surface area (TPSA) is 44.4 Å². The molecule has 0 unspecified atom stereocenters. The highest BCUT2D eigenvalue weighted by Crippen LogP contribution is 2.24. The fourth-order valence-corrected chi connectivity index (χ4v) is 3.83. The van der Waals surface area contributed by atoms with Crippen molar-refractivity contribution in [2.24, 2.45) is 0 Å². The number of anilines is 2. The molecule has 2 N–H and O–H groups in total. The Hall–Kier alpha value is -1.76. The van der Waals surface area contributed by atoms with Gasteiger partial charge in [-0.2, -0.15) is 0 Å². The molecular formula is C19H20ClN3OS2. The van der Waals surface area contributed by atoms with E-state index in [1.54, 1.807) is 11.8 Å². The molecule has 1 aliphatic rings. The van der Waals surface area contributed by atoms with Crippen LogP contribution in [0.1, 0.15) is 12.8 Å². The van der Waals surface area contributed by atoms with Gasteiger partial charge in [-0.3, -0.25) is 4.79 Å². The number of rotatable bonds is 6. The van der Waals surface area contributed by atoms with Crippen molar-refractivity contribution in [3.8, 4) is 0 Å². The Morgan fingerprint density at radius 2 is 2.04 bits per heavy atom. The summed E-state index contributed by atoms with van der Waals surface area (Å²) in [5.41, 5.74) is 1.80. The zero-order valence-electron chi connectivity index (χ0n) is 14.2. The van der Waals surface area contributed by atoms with Gasteiger partial charge in [-0.25, -0.2) is 0 Å². The standard InChI is InChI=1S/C19H20ClN3OS2/c20-14-6-8-17(9-7-14)26-12-10-21-19(25)22-15-3-1-4-16(13-15)23-11-2-5-18(23)24/h1,3-4,6-9,13H,2,5,10-12H2,(H2,21,22,25). The Morgan fingerprint density at radius 1 is 1.23 bits per heavy atom. The molecule has 1 heterocycles.